The third-order valence-corrected chi connectivity index (χ3v) is 3.70. The van der Waals surface area contributed by atoms with Gasteiger partial charge in [0.15, 0.2) is 0 Å². The lowest BCUT2D eigenvalue weighted by Gasteiger charge is -2.22. The fourth-order valence-corrected chi connectivity index (χ4v) is 2.70. The summed E-state index contributed by atoms with van der Waals surface area (Å²) in [6, 6.07) is 7.31. The van der Waals surface area contributed by atoms with Crippen LogP contribution < -0.4 is 5.56 Å². The molecule has 100 valence electrons. The predicted molar refractivity (Wildman–Crippen MR) is 72.0 cm³/mol. The molecule has 0 aromatic carbocycles. The highest BCUT2D eigenvalue weighted by Gasteiger charge is 2.24. The first-order valence-electron chi connectivity index (χ1n) is 6.60. The maximum atomic E-state index is 12.0. The molecule has 1 fully saturated rings. The lowest BCUT2D eigenvalue weighted by atomic mass is 10.2. The van der Waals surface area contributed by atoms with Crippen LogP contribution in [0, 0.1) is 0 Å². The molecule has 5 nitrogen and oxygen atoms in total. The van der Waals surface area contributed by atoms with Crippen molar-refractivity contribution < 1.29 is 5.11 Å². The quantitative estimate of drug-likeness (QED) is 0.879. The Balaban J connectivity index is 1.91. The molecule has 1 unspecified atom stereocenters. The summed E-state index contributed by atoms with van der Waals surface area (Å²) in [5.74, 6) is 0. The first-order chi connectivity index (χ1) is 9.28. The third kappa shape index (κ3) is 2.39. The number of likely N-dealkylation sites (tertiary alicyclic amines) is 1. The van der Waals surface area contributed by atoms with Gasteiger partial charge in [-0.15, -0.1) is 0 Å². The largest absolute Gasteiger partial charge is 0.395 e. The Hall–Kier alpha value is -1.72. The van der Waals surface area contributed by atoms with Crippen molar-refractivity contribution in [3.63, 3.8) is 0 Å². The van der Waals surface area contributed by atoms with Crippen molar-refractivity contribution in [2.75, 3.05) is 13.2 Å². The Bertz CT molecular complexity index is 638. The fourth-order valence-electron chi connectivity index (χ4n) is 2.70. The summed E-state index contributed by atoms with van der Waals surface area (Å²) >= 11 is 0. The van der Waals surface area contributed by atoms with Crippen molar-refractivity contribution in [2.24, 2.45) is 0 Å². The molecule has 19 heavy (non-hydrogen) atoms. The van der Waals surface area contributed by atoms with E-state index in [1.807, 2.05) is 18.2 Å². The maximum Gasteiger partial charge on any atom is 0.258 e. The fraction of sp³-hybridized carbons (Fsp3) is 0.429. The van der Waals surface area contributed by atoms with Crippen molar-refractivity contribution in [2.45, 2.75) is 25.4 Å². The van der Waals surface area contributed by atoms with Crippen molar-refractivity contribution in [3.8, 4) is 0 Å². The van der Waals surface area contributed by atoms with Gasteiger partial charge in [-0.05, 0) is 31.5 Å². The number of aliphatic hydroxyl groups is 1. The smallest absolute Gasteiger partial charge is 0.258 e. The number of nitrogens with zero attached hydrogens (tertiary/aromatic N) is 3. The first kappa shape index (κ1) is 12.3. The van der Waals surface area contributed by atoms with Gasteiger partial charge in [-0.2, -0.15) is 0 Å². The summed E-state index contributed by atoms with van der Waals surface area (Å²) in [6.45, 7) is 1.76. The molecule has 2 aromatic rings. The molecule has 0 saturated carbocycles. The van der Waals surface area contributed by atoms with E-state index in [4.69, 9.17) is 0 Å². The summed E-state index contributed by atoms with van der Waals surface area (Å²) in [5.41, 5.74) is 1.39. The molecular weight excluding hydrogens is 242 g/mol. The Labute approximate surface area is 111 Å². The molecule has 0 radical (unpaired) electrons. The van der Waals surface area contributed by atoms with E-state index in [-0.39, 0.29) is 18.2 Å². The van der Waals surface area contributed by atoms with E-state index in [0.717, 1.165) is 25.1 Å². The lowest BCUT2D eigenvalue weighted by Crippen LogP contribution is -2.32. The zero-order chi connectivity index (χ0) is 13.2. The molecule has 1 aliphatic rings. The number of rotatable bonds is 3. The van der Waals surface area contributed by atoms with Crippen molar-refractivity contribution in [3.05, 3.63) is 46.5 Å². The van der Waals surface area contributed by atoms with Gasteiger partial charge in [0.25, 0.3) is 5.56 Å². The van der Waals surface area contributed by atoms with E-state index in [0.29, 0.717) is 12.2 Å². The highest BCUT2D eigenvalue weighted by molar-refractivity contribution is 5.37. The molecule has 0 bridgehead atoms. The minimum absolute atomic E-state index is 0.0552. The van der Waals surface area contributed by atoms with Crippen LogP contribution >= 0.6 is 0 Å². The summed E-state index contributed by atoms with van der Waals surface area (Å²) < 4.78 is 1.54. The van der Waals surface area contributed by atoms with Crippen LogP contribution in [0.3, 0.4) is 0 Å². The van der Waals surface area contributed by atoms with Gasteiger partial charge in [-0.25, -0.2) is 4.98 Å². The summed E-state index contributed by atoms with van der Waals surface area (Å²) in [6.07, 6.45) is 3.84. The average Bonchev–Trinajstić information content (AvgIpc) is 2.86. The maximum absolute atomic E-state index is 12.0. The molecule has 3 rings (SSSR count). The average molecular weight is 259 g/mol. The Kier molecular flexibility index (Phi) is 3.31. The van der Waals surface area contributed by atoms with Gasteiger partial charge in [0.1, 0.15) is 5.65 Å². The standard InChI is InChI=1S/C14H17N3O2/c18-10-12-4-3-6-16(12)9-11-8-14(19)17-7-2-1-5-13(17)15-11/h1-2,5,7-8,12,18H,3-4,6,9-10H2. The molecule has 1 aliphatic heterocycles. The summed E-state index contributed by atoms with van der Waals surface area (Å²) in [4.78, 5) is 18.7. The molecule has 3 heterocycles. The van der Waals surface area contributed by atoms with E-state index in [1.165, 1.54) is 4.40 Å². The van der Waals surface area contributed by atoms with Gasteiger partial charge in [0, 0.05) is 24.8 Å². The van der Waals surface area contributed by atoms with Crippen LogP contribution in [0.2, 0.25) is 0 Å². The SMILES string of the molecule is O=c1cc(CN2CCCC2CO)nc2ccccn12. The molecule has 1 atom stereocenters. The zero-order valence-electron chi connectivity index (χ0n) is 10.7. The number of pyridine rings is 1. The molecule has 1 saturated heterocycles. The molecule has 0 amide bonds. The molecule has 5 heteroatoms. The Morgan fingerprint density at radius 3 is 3.16 bits per heavy atom. The van der Waals surface area contributed by atoms with Gasteiger partial charge in [0.05, 0.1) is 12.3 Å². The predicted octanol–water partition coefficient (Wildman–Crippen LogP) is 0.651. The van der Waals surface area contributed by atoms with Crippen LogP contribution in [-0.2, 0) is 6.54 Å². The van der Waals surface area contributed by atoms with Crippen LogP contribution in [0.25, 0.3) is 5.65 Å². The van der Waals surface area contributed by atoms with Crippen LogP contribution in [0.15, 0.2) is 35.3 Å². The normalized spacial score (nSPS) is 20.2. The van der Waals surface area contributed by atoms with Crippen molar-refractivity contribution in [1.82, 2.24) is 14.3 Å². The Morgan fingerprint density at radius 1 is 1.42 bits per heavy atom. The summed E-state index contributed by atoms with van der Waals surface area (Å²) in [5, 5.41) is 9.31. The third-order valence-electron chi connectivity index (χ3n) is 3.70. The van der Waals surface area contributed by atoms with Crippen LogP contribution in [0.5, 0.6) is 0 Å². The monoisotopic (exact) mass is 259 g/mol. The number of aliphatic hydroxyl groups excluding tert-OH is 1. The molecular formula is C14H17N3O2. The highest BCUT2D eigenvalue weighted by Crippen LogP contribution is 2.18. The molecule has 1 N–H and O–H groups in total. The van der Waals surface area contributed by atoms with E-state index in [2.05, 4.69) is 9.88 Å². The molecule has 0 aliphatic carbocycles. The molecule has 2 aromatic heterocycles. The second kappa shape index (κ2) is 5.11. The van der Waals surface area contributed by atoms with Crippen LogP contribution in [0.1, 0.15) is 18.5 Å². The van der Waals surface area contributed by atoms with E-state index < -0.39 is 0 Å². The van der Waals surface area contributed by atoms with Gasteiger partial charge >= 0.3 is 0 Å². The minimum Gasteiger partial charge on any atom is -0.395 e. The van der Waals surface area contributed by atoms with Crippen molar-refractivity contribution in [1.29, 1.82) is 0 Å². The number of hydrogen-bond acceptors (Lipinski definition) is 4. The van der Waals surface area contributed by atoms with E-state index >= 15 is 0 Å². The van der Waals surface area contributed by atoms with Gasteiger partial charge in [-0.1, -0.05) is 6.07 Å². The van der Waals surface area contributed by atoms with Gasteiger partial charge in [-0.3, -0.25) is 14.1 Å². The minimum atomic E-state index is -0.0552. The van der Waals surface area contributed by atoms with E-state index in [9.17, 15) is 9.90 Å². The van der Waals surface area contributed by atoms with Gasteiger partial charge in [0.2, 0.25) is 0 Å². The van der Waals surface area contributed by atoms with Crippen LogP contribution in [-0.4, -0.2) is 38.6 Å². The zero-order valence-corrected chi connectivity index (χ0v) is 10.7. The second-order valence-electron chi connectivity index (χ2n) is 4.96. The van der Waals surface area contributed by atoms with E-state index in [1.54, 1.807) is 12.3 Å². The number of aromatic nitrogens is 2. The number of fused-ring (bicyclic) bond motifs is 1. The van der Waals surface area contributed by atoms with Crippen LogP contribution in [0.4, 0.5) is 0 Å². The highest BCUT2D eigenvalue weighted by atomic mass is 16.3. The van der Waals surface area contributed by atoms with Crippen molar-refractivity contribution >= 4 is 5.65 Å². The van der Waals surface area contributed by atoms with Gasteiger partial charge < -0.3 is 5.11 Å². The number of hydrogen-bond donors (Lipinski definition) is 1. The summed E-state index contributed by atoms with van der Waals surface area (Å²) in [7, 11) is 0. The second-order valence-corrected chi connectivity index (χ2v) is 4.96. The Morgan fingerprint density at radius 2 is 2.32 bits per heavy atom. The first-order valence-corrected chi connectivity index (χ1v) is 6.60. The lowest BCUT2D eigenvalue weighted by molar-refractivity contribution is 0.152. The topological polar surface area (TPSA) is 57.8 Å². The molecule has 0 spiro atoms.